The second-order valence-corrected chi connectivity index (χ2v) is 9.74. The molecule has 1 aromatic heterocycles. The minimum absolute atomic E-state index is 0.0928. The van der Waals surface area contributed by atoms with Crippen LogP contribution >= 0.6 is 11.3 Å². The van der Waals surface area contributed by atoms with Gasteiger partial charge in [0.05, 0.1) is 5.92 Å². The molecule has 0 saturated carbocycles. The molecule has 0 unspecified atom stereocenters. The lowest BCUT2D eigenvalue weighted by Gasteiger charge is -2.34. The van der Waals surface area contributed by atoms with Gasteiger partial charge >= 0.3 is 0 Å². The number of carbonyl (C=O) groups is 3. The molecule has 180 valence electrons. The summed E-state index contributed by atoms with van der Waals surface area (Å²) in [6.07, 6.45) is 5.98. The van der Waals surface area contributed by atoms with Gasteiger partial charge in [0.1, 0.15) is 0 Å². The number of fused-ring (bicyclic) bond motifs is 1. The summed E-state index contributed by atoms with van der Waals surface area (Å²) in [5.74, 6) is 0.408. The van der Waals surface area contributed by atoms with Gasteiger partial charge in [0.15, 0.2) is 11.5 Å². The molecular formula is C23H27N5O5S. The number of ether oxygens (including phenoxy) is 2. The molecule has 1 atom stereocenters. The first kappa shape index (κ1) is 22.6. The summed E-state index contributed by atoms with van der Waals surface area (Å²) in [4.78, 5) is 42.4. The van der Waals surface area contributed by atoms with Crippen molar-refractivity contribution >= 4 is 34.7 Å². The standard InChI is InChI=1S/C23H27N5O5S/c29-19(24-16-7-8-17-18(12-16)33-14-32-17)20-25-26-21(34-20)23(31)28-11-5-6-15(13-28)22(30)27-9-3-1-2-4-10-27/h7-8,12,15H,1-6,9-11,13-14H2,(H,24,29)/t15-/m0/s1. The molecule has 0 spiro atoms. The predicted octanol–water partition coefficient (Wildman–Crippen LogP) is 2.77. The van der Waals surface area contributed by atoms with Gasteiger partial charge in [0, 0.05) is 37.9 Å². The van der Waals surface area contributed by atoms with E-state index in [0.29, 0.717) is 30.3 Å². The van der Waals surface area contributed by atoms with Crippen LogP contribution in [0.15, 0.2) is 18.2 Å². The van der Waals surface area contributed by atoms with E-state index in [9.17, 15) is 14.4 Å². The lowest BCUT2D eigenvalue weighted by molar-refractivity contribution is -0.136. The van der Waals surface area contributed by atoms with Crippen molar-refractivity contribution in [3.8, 4) is 11.5 Å². The van der Waals surface area contributed by atoms with Crippen LogP contribution in [0.1, 0.15) is 58.1 Å². The minimum atomic E-state index is -0.455. The molecule has 10 nitrogen and oxygen atoms in total. The molecule has 0 bridgehead atoms. The molecule has 2 saturated heterocycles. The van der Waals surface area contributed by atoms with Crippen LogP contribution in [0.2, 0.25) is 0 Å². The summed E-state index contributed by atoms with van der Waals surface area (Å²) in [7, 11) is 0. The number of nitrogens with zero attached hydrogens (tertiary/aromatic N) is 4. The number of benzene rings is 1. The Morgan fingerprint density at radius 2 is 1.65 bits per heavy atom. The fourth-order valence-electron chi connectivity index (χ4n) is 4.61. The number of nitrogens with one attached hydrogen (secondary N) is 1. The first-order chi connectivity index (χ1) is 16.6. The van der Waals surface area contributed by atoms with Crippen molar-refractivity contribution in [1.82, 2.24) is 20.0 Å². The van der Waals surface area contributed by atoms with Crippen LogP contribution in [0.4, 0.5) is 5.69 Å². The molecule has 3 aliphatic heterocycles. The molecule has 4 heterocycles. The summed E-state index contributed by atoms with van der Waals surface area (Å²) in [5, 5.41) is 10.9. The monoisotopic (exact) mass is 485 g/mol. The first-order valence-electron chi connectivity index (χ1n) is 11.7. The van der Waals surface area contributed by atoms with E-state index in [4.69, 9.17) is 9.47 Å². The molecule has 3 amide bonds. The zero-order chi connectivity index (χ0) is 23.5. The average molecular weight is 486 g/mol. The van der Waals surface area contributed by atoms with E-state index in [1.165, 1.54) is 12.8 Å². The van der Waals surface area contributed by atoms with Crippen molar-refractivity contribution in [2.75, 3.05) is 38.3 Å². The summed E-state index contributed by atoms with van der Waals surface area (Å²) in [5.41, 5.74) is 0.531. The van der Waals surface area contributed by atoms with Crippen LogP contribution in [0.3, 0.4) is 0 Å². The molecule has 2 fully saturated rings. The maximum atomic E-state index is 13.1. The van der Waals surface area contributed by atoms with Gasteiger partial charge in [0.2, 0.25) is 22.7 Å². The Morgan fingerprint density at radius 3 is 2.47 bits per heavy atom. The smallest absolute Gasteiger partial charge is 0.286 e. The highest BCUT2D eigenvalue weighted by Gasteiger charge is 2.33. The van der Waals surface area contributed by atoms with Gasteiger partial charge in [-0.25, -0.2) is 0 Å². The molecule has 2 aromatic rings. The Balaban J connectivity index is 1.20. The highest BCUT2D eigenvalue weighted by atomic mass is 32.1. The number of carbonyl (C=O) groups excluding carboxylic acids is 3. The maximum Gasteiger partial charge on any atom is 0.286 e. The van der Waals surface area contributed by atoms with Gasteiger partial charge < -0.3 is 24.6 Å². The molecule has 5 rings (SSSR count). The summed E-state index contributed by atoms with van der Waals surface area (Å²) in [6, 6.07) is 5.09. The third-order valence-corrected chi connectivity index (χ3v) is 7.32. The summed E-state index contributed by atoms with van der Waals surface area (Å²) < 4.78 is 10.6. The highest BCUT2D eigenvalue weighted by Crippen LogP contribution is 2.34. The highest BCUT2D eigenvalue weighted by molar-refractivity contribution is 7.15. The lowest BCUT2D eigenvalue weighted by atomic mass is 9.96. The first-order valence-corrected chi connectivity index (χ1v) is 12.5. The quantitative estimate of drug-likeness (QED) is 0.708. The number of aromatic nitrogens is 2. The number of rotatable bonds is 4. The van der Waals surface area contributed by atoms with E-state index in [2.05, 4.69) is 15.5 Å². The minimum Gasteiger partial charge on any atom is -0.454 e. The Hall–Kier alpha value is -3.21. The molecular weight excluding hydrogens is 458 g/mol. The van der Waals surface area contributed by atoms with E-state index in [1.54, 1.807) is 23.1 Å². The molecule has 0 aliphatic carbocycles. The van der Waals surface area contributed by atoms with Crippen LogP contribution in [0.5, 0.6) is 11.5 Å². The zero-order valence-electron chi connectivity index (χ0n) is 18.8. The Bertz CT molecular complexity index is 1080. The molecule has 11 heteroatoms. The predicted molar refractivity (Wildman–Crippen MR) is 124 cm³/mol. The van der Waals surface area contributed by atoms with Crippen LogP contribution in [-0.4, -0.2) is 70.7 Å². The van der Waals surface area contributed by atoms with E-state index in [-0.39, 0.29) is 34.5 Å². The largest absolute Gasteiger partial charge is 0.454 e. The zero-order valence-corrected chi connectivity index (χ0v) is 19.6. The lowest BCUT2D eigenvalue weighted by Crippen LogP contribution is -2.47. The third kappa shape index (κ3) is 4.84. The van der Waals surface area contributed by atoms with E-state index in [1.807, 2.05) is 4.90 Å². The van der Waals surface area contributed by atoms with Gasteiger partial charge in [-0.2, -0.15) is 0 Å². The summed E-state index contributed by atoms with van der Waals surface area (Å²) in [6.45, 7) is 2.71. The van der Waals surface area contributed by atoms with Gasteiger partial charge in [-0.05, 0) is 37.8 Å². The van der Waals surface area contributed by atoms with Crippen molar-refractivity contribution in [1.29, 1.82) is 0 Å². The Kier molecular flexibility index (Phi) is 6.61. The van der Waals surface area contributed by atoms with Crippen molar-refractivity contribution in [2.24, 2.45) is 5.92 Å². The van der Waals surface area contributed by atoms with Crippen molar-refractivity contribution in [3.63, 3.8) is 0 Å². The van der Waals surface area contributed by atoms with Gasteiger partial charge in [-0.3, -0.25) is 14.4 Å². The number of piperidine rings is 1. The second kappa shape index (κ2) is 9.96. The van der Waals surface area contributed by atoms with Gasteiger partial charge in [-0.15, -0.1) is 10.2 Å². The van der Waals surface area contributed by atoms with E-state index < -0.39 is 5.91 Å². The number of amides is 3. The number of likely N-dealkylation sites (tertiary alicyclic amines) is 2. The van der Waals surface area contributed by atoms with Crippen LogP contribution in [-0.2, 0) is 4.79 Å². The van der Waals surface area contributed by atoms with Crippen molar-refractivity contribution < 1.29 is 23.9 Å². The van der Waals surface area contributed by atoms with Crippen molar-refractivity contribution in [2.45, 2.75) is 38.5 Å². The van der Waals surface area contributed by atoms with Gasteiger partial charge in [-0.1, -0.05) is 24.2 Å². The van der Waals surface area contributed by atoms with E-state index in [0.717, 1.165) is 50.1 Å². The normalized spacial score (nSPS) is 20.1. The maximum absolute atomic E-state index is 13.1. The number of anilines is 1. The fraction of sp³-hybridized carbons (Fsp3) is 0.522. The molecule has 3 aliphatic rings. The molecule has 0 radical (unpaired) electrons. The fourth-order valence-corrected chi connectivity index (χ4v) is 5.31. The molecule has 1 aromatic carbocycles. The third-order valence-electron chi connectivity index (χ3n) is 6.41. The second-order valence-electron chi connectivity index (χ2n) is 8.76. The molecule has 1 N–H and O–H groups in total. The summed E-state index contributed by atoms with van der Waals surface area (Å²) >= 11 is 0.951. The number of hydrogen-bond acceptors (Lipinski definition) is 8. The topological polar surface area (TPSA) is 114 Å². The average Bonchev–Trinajstić information content (AvgIpc) is 3.46. The Morgan fingerprint density at radius 1 is 0.912 bits per heavy atom. The van der Waals surface area contributed by atoms with Crippen LogP contribution in [0.25, 0.3) is 0 Å². The van der Waals surface area contributed by atoms with Crippen molar-refractivity contribution in [3.05, 3.63) is 28.2 Å². The molecule has 34 heavy (non-hydrogen) atoms. The number of hydrogen-bond donors (Lipinski definition) is 1. The van der Waals surface area contributed by atoms with E-state index >= 15 is 0 Å². The Labute approximate surface area is 201 Å². The SMILES string of the molecule is O=C(Nc1ccc2c(c1)OCO2)c1nnc(C(=O)N2CCC[C@H](C(=O)N3CCCCCC3)C2)s1. The van der Waals surface area contributed by atoms with Gasteiger partial charge in [0.25, 0.3) is 11.8 Å². The van der Waals surface area contributed by atoms with Crippen LogP contribution in [0, 0.1) is 5.92 Å². The van der Waals surface area contributed by atoms with Crippen LogP contribution < -0.4 is 14.8 Å².